The molecular formula is C24H32N4O. The minimum atomic E-state index is 0.110. The highest BCUT2D eigenvalue weighted by Gasteiger charge is 2.17. The molecule has 1 N–H and O–H groups in total. The number of amides is 1. The zero-order valence-electron chi connectivity index (χ0n) is 18.0. The van der Waals surface area contributed by atoms with E-state index < -0.39 is 0 Å². The van der Waals surface area contributed by atoms with Crippen LogP contribution in [0.1, 0.15) is 62.3 Å². The van der Waals surface area contributed by atoms with Crippen molar-refractivity contribution in [2.75, 3.05) is 13.1 Å². The number of benzene rings is 1. The van der Waals surface area contributed by atoms with Gasteiger partial charge in [-0.15, -0.1) is 0 Å². The van der Waals surface area contributed by atoms with E-state index in [0.717, 1.165) is 60.3 Å². The summed E-state index contributed by atoms with van der Waals surface area (Å²) in [5, 5.41) is 0. The Morgan fingerprint density at radius 3 is 2.28 bits per heavy atom. The summed E-state index contributed by atoms with van der Waals surface area (Å²) >= 11 is 0. The van der Waals surface area contributed by atoms with Gasteiger partial charge in [0.2, 0.25) is 0 Å². The summed E-state index contributed by atoms with van der Waals surface area (Å²) in [6.45, 7) is 10.4. The standard InChI is InChI=1S/C24H32N4O/c1-17(2)9-13-28(14-10-18(3)4)24(29)20-5-6-21-22(16-20)27-23(26-21)15-19-7-11-25-12-8-19/h5-8,11-12,16-18H,9-10,13-15H2,1-4H3,(H,26,27). The summed E-state index contributed by atoms with van der Waals surface area (Å²) in [6.07, 6.45) is 6.34. The quantitative estimate of drug-likeness (QED) is 0.552. The molecule has 1 aromatic carbocycles. The summed E-state index contributed by atoms with van der Waals surface area (Å²) in [7, 11) is 0. The second-order valence-corrected chi connectivity index (χ2v) is 8.60. The molecular weight excluding hydrogens is 360 g/mol. The molecule has 0 fully saturated rings. The van der Waals surface area contributed by atoms with Crippen LogP contribution >= 0.6 is 0 Å². The van der Waals surface area contributed by atoms with Crippen LogP contribution in [0.2, 0.25) is 0 Å². The van der Waals surface area contributed by atoms with Gasteiger partial charge in [0.25, 0.3) is 5.91 Å². The Hall–Kier alpha value is -2.69. The topological polar surface area (TPSA) is 61.9 Å². The Kier molecular flexibility index (Phi) is 7.02. The molecule has 0 atom stereocenters. The van der Waals surface area contributed by atoms with Gasteiger partial charge in [-0.1, -0.05) is 27.7 Å². The first kappa shape index (κ1) is 21.0. The Morgan fingerprint density at radius 1 is 1.00 bits per heavy atom. The smallest absolute Gasteiger partial charge is 0.253 e. The van der Waals surface area contributed by atoms with Crippen LogP contribution in [0.25, 0.3) is 11.0 Å². The SMILES string of the molecule is CC(C)CCN(CCC(C)C)C(=O)c1ccc2nc(Cc3ccncc3)[nH]c2c1. The highest BCUT2D eigenvalue weighted by molar-refractivity contribution is 5.97. The molecule has 0 radical (unpaired) electrons. The Labute approximate surface area is 173 Å². The van der Waals surface area contributed by atoms with Crippen molar-refractivity contribution in [3.8, 4) is 0 Å². The van der Waals surface area contributed by atoms with Crippen molar-refractivity contribution in [3.05, 3.63) is 59.7 Å². The van der Waals surface area contributed by atoms with E-state index in [9.17, 15) is 4.79 Å². The molecule has 0 aliphatic heterocycles. The number of hydrogen-bond donors (Lipinski definition) is 1. The van der Waals surface area contributed by atoms with Gasteiger partial charge in [-0.3, -0.25) is 9.78 Å². The predicted octanol–water partition coefficient (Wildman–Crippen LogP) is 5.08. The molecule has 0 saturated heterocycles. The van der Waals surface area contributed by atoms with Gasteiger partial charge in [0, 0.05) is 37.5 Å². The van der Waals surface area contributed by atoms with Crippen LogP contribution in [0.4, 0.5) is 0 Å². The van der Waals surface area contributed by atoms with Crippen LogP contribution in [-0.4, -0.2) is 38.8 Å². The molecule has 0 saturated carbocycles. The van der Waals surface area contributed by atoms with Crippen LogP contribution in [0.15, 0.2) is 42.7 Å². The number of aromatic amines is 1. The maximum absolute atomic E-state index is 13.2. The fraction of sp³-hybridized carbons (Fsp3) is 0.458. The van der Waals surface area contributed by atoms with Crippen molar-refractivity contribution in [1.29, 1.82) is 0 Å². The zero-order chi connectivity index (χ0) is 20.8. The van der Waals surface area contributed by atoms with E-state index in [0.29, 0.717) is 11.8 Å². The number of nitrogens with zero attached hydrogens (tertiary/aromatic N) is 3. The second-order valence-electron chi connectivity index (χ2n) is 8.60. The number of H-pyrrole nitrogens is 1. The van der Waals surface area contributed by atoms with E-state index in [1.54, 1.807) is 12.4 Å². The van der Waals surface area contributed by atoms with Crippen LogP contribution in [0.3, 0.4) is 0 Å². The predicted molar refractivity (Wildman–Crippen MR) is 118 cm³/mol. The Bertz CT molecular complexity index is 918. The minimum absolute atomic E-state index is 0.110. The number of imidazole rings is 1. The van der Waals surface area contributed by atoms with E-state index >= 15 is 0 Å². The largest absolute Gasteiger partial charge is 0.342 e. The number of carbonyl (C=O) groups excluding carboxylic acids is 1. The third-order valence-corrected chi connectivity index (χ3v) is 5.14. The Morgan fingerprint density at radius 2 is 1.66 bits per heavy atom. The third kappa shape index (κ3) is 5.89. The van der Waals surface area contributed by atoms with E-state index in [1.165, 1.54) is 0 Å². The first-order chi connectivity index (χ1) is 13.9. The molecule has 2 heterocycles. The number of nitrogens with one attached hydrogen (secondary N) is 1. The highest BCUT2D eigenvalue weighted by atomic mass is 16.2. The molecule has 1 amide bonds. The molecule has 0 spiro atoms. The summed E-state index contributed by atoms with van der Waals surface area (Å²) in [5.74, 6) is 2.16. The lowest BCUT2D eigenvalue weighted by atomic mass is 10.1. The van der Waals surface area contributed by atoms with Crippen molar-refractivity contribution in [2.24, 2.45) is 11.8 Å². The van der Waals surface area contributed by atoms with E-state index in [1.807, 2.05) is 35.2 Å². The van der Waals surface area contributed by atoms with Gasteiger partial charge >= 0.3 is 0 Å². The lowest BCUT2D eigenvalue weighted by Gasteiger charge is -2.24. The molecule has 29 heavy (non-hydrogen) atoms. The van der Waals surface area contributed by atoms with Crippen LogP contribution < -0.4 is 0 Å². The second kappa shape index (κ2) is 9.68. The fourth-order valence-corrected chi connectivity index (χ4v) is 3.30. The first-order valence-corrected chi connectivity index (χ1v) is 10.6. The number of carbonyl (C=O) groups is 1. The first-order valence-electron chi connectivity index (χ1n) is 10.6. The van der Waals surface area contributed by atoms with Crippen LogP contribution in [0, 0.1) is 11.8 Å². The van der Waals surface area contributed by atoms with Gasteiger partial charge in [-0.25, -0.2) is 4.98 Å². The minimum Gasteiger partial charge on any atom is -0.342 e. The third-order valence-electron chi connectivity index (χ3n) is 5.14. The zero-order valence-corrected chi connectivity index (χ0v) is 18.0. The lowest BCUT2D eigenvalue weighted by molar-refractivity contribution is 0.0741. The fourth-order valence-electron chi connectivity index (χ4n) is 3.30. The van der Waals surface area contributed by atoms with Crippen molar-refractivity contribution in [3.63, 3.8) is 0 Å². The van der Waals surface area contributed by atoms with E-state index in [-0.39, 0.29) is 5.91 Å². The summed E-state index contributed by atoms with van der Waals surface area (Å²) in [5.41, 5.74) is 3.68. The molecule has 0 aliphatic carbocycles. The number of aromatic nitrogens is 3. The number of rotatable bonds is 9. The average molecular weight is 393 g/mol. The number of fused-ring (bicyclic) bond motifs is 1. The van der Waals surface area contributed by atoms with E-state index in [2.05, 4.69) is 42.6 Å². The van der Waals surface area contributed by atoms with Gasteiger partial charge in [0.15, 0.2) is 0 Å². The van der Waals surface area contributed by atoms with E-state index in [4.69, 9.17) is 0 Å². The van der Waals surface area contributed by atoms with Crippen LogP contribution in [-0.2, 0) is 6.42 Å². The van der Waals surface area contributed by atoms with Crippen molar-refractivity contribution in [1.82, 2.24) is 19.9 Å². The Balaban J connectivity index is 1.78. The normalized spacial score (nSPS) is 11.5. The van der Waals surface area contributed by atoms with Gasteiger partial charge < -0.3 is 9.88 Å². The van der Waals surface area contributed by atoms with Gasteiger partial charge in [0.1, 0.15) is 5.82 Å². The molecule has 0 bridgehead atoms. The molecule has 3 rings (SSSR count). The molecule has 2 aromatic heterocycles. The molecule has 3 aromatic rings. The average Bonchev–Trinajstić information content (AvgIpc) is 3.09. The maximum atomic E-state index is 13.2. The summed E-state index contributed by atoms with van der Waals surface area (Å²) < 4.78 is 0. The van der Waals surface area contributed by atoms with Gasteiger partial charge in [-0.05, 0) is 60.6 Å². The molecule has 5 nitrogen and oxygen atoms in total. The van der Waals surface area contributed by atoms with Crippen molar-refractivity contribution >= 4 is 16.9 Å². The molecule has 154 valence electrons. The van der Waals surface area contributed by atoms with Gasteiger partial charge in [0.05, 0.1) is 11.0 Å². The van der Waals surface area contributed by atoms with Crippen molar-refractivity contribution < 1.29 is 4.79 Å². The monoisotopic (exact) mass is 392 g/mol. The number of hydrogen-bond acceptors (Lipinski definition) is 3. The molecule has 5 heteroatoms. The van der Waals surface area contributed by atoms with Crippen LogP contribution in [0.5, 0.6) is 0 Å². The number of pyridine rings is 1. The van der Waals surface area contributed by atoms with Crippen molar-refractivity contribution in [2.45, 2.75) is 47.0 Å². The molecule has 0 unspecified atom stereocenters. The lowest BCUT2D eigenvalue weighted by Crippen LogP contribution is -2.34. The molecule has 0 aliphatic rings. The maximum Gasteiger partial charge on any atom is 0.253 e. The highest BCUT2D eigenvalue weighted by Crippen LogP contribution is 2.18. The summed E-state index contributed by atoms with van der Waals surface area (Å²) in [4.78, 5) is 27.3. The van der Waals surface area contributed by atoms with Gasteiger partial charge in [-0.2, -0.15) is 0 Å². The summed E-state index contributed by atoms with van der Waals surface area (Å²) in [6, 6.07) is 9.77.